The van der Waals surface area contributed by atoms with E-state index in [2.05, 4.69) is 12.1 Å². The first-order valence-corrected chi connectivity index (χ1v) is 12.1. The minimum absolute atomic E-state index is 0.126. The molecule has 2 atom stereocenters. The molecule has 0 bridgehead atoms. The first-order valence-electron chi connectivity index (χ1n) is 10.7. The second-order valence-electron chi connectivity index (χ2n) is 8.24. The molecular formula is C25H26NO5S+. The van der Waals surface area contributed by atoms with Crippen molar-refractivity contribution in [1.82, 2.24) is 0 Å². The molecule has 0 amide bonds. The molecule has 0 saturated heterocycles. The van der Waals surface area contributed by atoms with E-state index in [-0.39, 0.29) is 4.90 Å². The summed E-state index contributed by atoms with van der Waals surface area (Å²) in [6.07, 6.45) is 1.77. The number of hydrogen-bond donors (Lipinski definition) is 1. The van der Waals surface area contributed by atoms with Gasteiger partial charge in [0.25, 0.3) is 0 Å². The van der Waals surface area contributed by atoms with E-state index in [1.165, 1.54) is 35.3 Å². The van der Waals surface area contributed by atoms with E-state index in [4.69, 9.17) is 13.7 Å². The van der Waals surface area contributed by atoms with Crippen LogP contribution >= 0.6 is 0 Å². The summed E-state index contributed by atoms with van der Waals surface area (Å²) in [4.78, 5) is 1.53. The molecule has 0 aliphatic carbocycles. The predicted octanol–water partition coefficient (Wildman–Crippen LogP) is 2.71. The summed E-state index contributed by atoms with van der Waals surface area (Å²) in [6.45, 7) is 1.65. The third-order valence-electron chi connectivity index (χ3n) is 6.53. The fourth-order valence-corrected chi connectivity index (χ4v) is 5.89. The molecule has 32 heavy (non-hydrogen) atoms. The molecule has 1 N–H and O–H groups in total. The van der Waals surface area contributed by atoms with Crippen molar-refractivity contribution in [1.29, 1.82) is 0 Å². The van der Waals surface area contributed by atoms with Gasteiger partial charge in [-0.05, 0) is 47.5 Å². The van der Waals surface area contributed by atoms with Crippen LogP contribution in [0.1, 0.15) is 28.3 Å². The smallest absolute Gasteiger partial charge is 0.339 e. The van der Waals surface area contributed by atoms with E-state index < -0.39 is 10.1 Å². The number of rotatable bonds is 5. The summed E-state index contributed by atoms with van der Waals surface area (Å²) in [5.74, 6) is 1.62. The number of benzene rings is 3. The van der Waals surface area contributed by atoms with Crippen molar-refractivity contribution in [3.63, 3.8) is 0 Å². The van der Waals surface area contributed by atoms with Crippen LogP contribution in [-0.4, -0.2) is 29.2 Å². The van der Waals surface area contributed by atoms with Gasteiger partial charge in [0.1, 0.15) is 23.2 Å². The highest BCUT2D eigenvalue weighted by atomic mass is 32.2. The molecule has 3 aromatic rings. The van der Waals surface area contributed by atoms with Gasteiger partial charge in [0, 0.05) is 18.4 Å². The maximum absolute atomic E-state index is 13.0. The van der Waals surface area contributed by atoms with E-state index in [0.717, 1.165) is 36.3 Å². The van der Waals surface area contributed by atoms with Crippen molar-refractivity contribution in [2.75, 3.05) is 20.8 Å². The Morgan fingerprint density at radius 3 is 2.50 bits per heavy atom. The average Bonchev–Trinajstić information content (AvgIpc) is 2.83. The zero-order chi connectivity index (χ0) is 22.3. The maximum atomic E-state index is 13.0. The van der Waals surface area contributed by atoms with Crippen molar-refractivity contribution >= 4 is 10.1 Å². The Bertz CT molecular complexity index is 1260. The summed E-state index contributed by atoms with van der Waals surface area (Å²) in [5, 5.41) is 0. The van der Waals surface area contributed by atoms with Gasteiger partial charge in [0.15, 0.2) is 11.5 Å². The molecule has 0 saturated carbocycles. The lowest BCUT2D eigenvalue weighted by atomic mass is 9.83. The van der Waals surface area contributed by atoms with Crippen LogP contribution in [0, 0.1) is 0 Å². The number of methoxy groups -OCH3 is 2. The van der Waals surface area contributed by atoms with Crippen LogP contribution in [0.5, 0.6) is 17.2 Å². The van der Waals surface area contributed by atoms with Gasteiger partial charge in [0.2, 0.25) is 0 Å². The zero-order valence-corrected chi connectivity index (χ0v) is 18.9. The van der Waals surface area contributed by atoms with E-state index in [0.29, 0.717) is 24.1 Å². The average molecular weight is 453 g/mol. The number of nitrogens with one attached hydrogen (secondary N) is 1. The van der Waals surface area contributed by atoms with E-state index in [9.17, 15) is 8.42 Å². The number of hydrogen-bond acceptors (Lipinski definition) is 5. The molecule has 0 aromatic heterocycles. The van der Waals surface area contributed by atoms with Gasteiger partial charge in [-0.15, -0.1) is 0 Å². The first kappa shape index (κ1) is 20.8. The fourth-order valence-electron chi connectivity index (χ4n) is 4.90. The van der Waals surface area contributed by atoms with Gasteiger partial charge in [-0.25, -0.2) is 0 Å². The highest BCUT2D eigenvalue weighted by molar-refractivity contribution is 7.87. The SMILES string of the molecule is COc1ccc2c(c1)CC[NH+]1Cc3c(ccc(OC)c3OS(=O)(=O)c3ccccc3)C[C@H]21. The van der Waals surface area contributed by atoms with Gasteiger partial charge in [0.05, 0.1) is 26.3 Å². The van der Waals surface area contributed by atoms with Crippen molar-refractivity contribution in [3.8, 4) is 17.2 Å². The summed E-state index contributed by atoms with van der Waals surface area (Å²) >= 11 is 0. The molecule has 2 aliphatic rings. The van der Waals surface area contributed by atoms with E-state index in [1.54, 1.807) is 31.4 Å². The third-order valence-corrected chi connectivity index (χ3v) is 7.76. The quantitative estimate of drug-likeness (QED) is 0.603. The topological polar surface area (TPSA) is 66.3 Å². The van der Waals surface area contributed by atoms with Gasteiger partial charge < -0.3 is 18.6 Å². The second-order valence-corrected chi connectivity index (χ2v) is 9.79. The number of quaternary nitrogens is 1. The molecule has 166 valence electrons. The van der Waals surface area contributed by atoms with E-state index >= 15 is 0 Å². The Hall–Kier alpha value is -3.03. The van der Waals surface area contributed by atoms with Crippen molar-refractivity contribution < 1.29 is 27.0 Å². The molecule has 5 rings (SSSR count). The molecule has 2 aliphatic heterocycles. The maximum Gasteiger partial charge on any atom is 0.339 e. The fraction of sp³-hybridized carbons (Fsp3) is 0.280. The molecule has 0 fully saturated rings. The van der Waals surface area contributed by atoms with Gasteiger partial charge in [-0.3, -0.25) is 0 Å². The molecule has 3 aromatic carbocycles. The minimum Gasteiger partial charge on any atom is -0.497 e. The molecule has 7 heteroatoms. The molecular weight excluding hydrogens is 426 g/mol. The van der Waals surface area contributed by atoms with Crippen molar-refractivity contribution in [3.05, 3.63) is 82.9 Å². The van der Waals surface area contributed by atoms with Crippen LogP contribution in [0.4, 0.5) is 0 Å². The second kappa shape index (κ2) is 8.15. The van der Waals surface area contributed by atoms with Crippen LogP contribution < -0.4 is 18.6 Å². The minimum atomic E-state index is -3.97. The van der Waals surface area contributed by atoms with Crippen molar-refractivity contribution in [2.45, 2.75) is 30.3 Å². The zero-order valence-electron chi connectivity index (χ0n) is 18.1. The van der Waals surface area contributed by atoms with Crippen molar-refractivity contribution in [2.24, 2.45) is 0 Å². The summed E-state index contributed by atoms with van der Waals surface area (Å²) in [6, 6.07) is 18.7. The van der Waals surface area contributed by atoms with Gasteiger partial charge >= 0.3 is 10.1 Å². The summed E-state index contributed by atoms with van der Waals surface area (Å²) < 4.78 is 42.5. The molecule has 0 radical (unpaired) electrons. The lowest BCUT2D eigenvalue weighted by Gasteiger charge is -2.39. The Morgan fingerprint density at radius 1 is 0.938 bits per heavy atom. The molecule has 6 nitrogen and oxygen atoms in total. The Labute approximate surface area is 188 Å². The molecule has 2 heterocycles. The van der Waals surface area contributed by atoms with Gasteiger partial charge in [-0.1, -0.05) is 24.3 Å². The monoisotopic (exact) mass is 452 g/mol. The predicted molar refractivity (Wildman–Crippen MR) is 120 cm³/mol. The van der Waals surface area contributed by atoms with E-state index in [1.807, 2.05) is 12.1 Å². The third kappa shape index (κ3) is 3.61. The van der Waals surface area contributed by atoms with Crippen LogP contribution in [0.2, 0.25) is 0 Å². The van der Waals surface area contributed by atoms with Crippen LogP contribution in [0.15, 0.2) is 65.6 Å². The Balaban J connectivity index is 1.53. The normalized spacial score (nSPS) is 19.3. The molecule has 0 spiro atoms. The molecule has 1 unspecified atom stereocenters. The van der Waals surface area contributed by atoms with Crippen LogP contribution in [-0.2, 0) is 29.5 Å². The van der Waals surface area contributed by atoms with Crippen LogP contribution in [0.3, 0.4) is 0 Å². The summed E-state index contributed by atoms with van der Waals surface area (Å²) in [7, 11) is -0.742. The number of fused-ring (bicyclic) bond motifs is 4. The largest absolute Gasteiger partial charge is 0.497 e. The highest BCUT2D eigenvalue weighted by Gasteiger charge is 2.38. The standard InChI is InChI=1S/C25H25NO5S/c1-29-19-9-10-21-18(14-19)12-13-26-16-22-17(15-23(21)26)8-11-24(30-2)25(22)31-32(27,28)20-6-4-3-5-7-20/h3-11,14,23H,12-13,15-16H2,1-2H3/p+1/t23-/m1/s1. The van der Waals surface area contributed by atoms with Crippen LogP contribution in [0.25, 0.3) is 0 Å². The highest BCUT2D eigenvalue weighted by Crippen LogP contribution is 2.39. The first-order chi connectivity index (χ1) is 15.5. The lowest BCUT2D eigenvalue weighted by Crippen LogP contribution is -3.13. The number of ether oxygens (including phenoxy) is 2. The Kier molecular flexibility index (Phi) is 5.31. The lowest BCUT2D eigenvalue weighted by molar-refractivity contribution is -0.949. The Morgan fingerprint density at radius 2 is 1.75 bits per heavy atom. The summed E-state index contributed by atoms with van der Waals surface area (Å²) in [5.41, 5.74) is 4.68. The van der Waals surface area contributed by atoms with Gasteiger partial charge in [-0.2, -0.15) is 8.42 Å².